The summed E-state index contributed by atoms with van der Waals surface area (Å²) >= 11 is 2.64. The average molecular weight is 853 g/mol. The molecule has 60 heavy (non-hydrogen) atoms. The van der Waals surface area contributed by atoms with Crippen molar-refractivity contribution < 1.29 is 38.4 Å². The van der Waals surface area contributed by atoms with E-state index in [-0.39, 0.29) is 48.5 Å². The van der Waals surface area contributed by atoms with E-state index >= 15 is 0 Å². The molecule has 6 N–H and O–H groups in total. The molecule has 4 aliphatic rings. The molecule has 6 heterocycles. The smallest absolute Gasteiger partial charge is 0.319 e. The molecule has 0 saturated carbocycles. The molecule has 2 unspecified atom stereocenters. The Bertz CT molecular complexity index is 2460. The van der Waals surface area contributed by atoms with Crippen LogP contribution in [0.5, 0.6) is 0 Å². The van der Waals surface area contributed by atoms with Crippen molar-refractivity contribution in [2.75, 3.05) is 10.6 Å². The minimum absolute atomic E-state index is 0.199. The van der Waals surface area contributed by atoms with Crippen LogP contribution < -0.4 is 31.9 Å². The molecule has 0 radical (unpaired) electrons. The minimum atomic E-state index is -0.611. The van der Waals surface area contributed by atoms with E-state index in [1.54, 1.807) is 0 Å². The first kappa shape index (κ1) is 41.7. The van der Waals surface area contributed by atoms with E-state index in [0.717, 1.165) is 54.5 Å². The molecule has 312 valence electrons. The lowest BCUT2D eigenvalue weighted by molar-refractivity contribution is -0.138. The molecule has 4 aliphatic heterocycles. The number of imide groups is 2. The third-order valence-corrected chi connectivity index (χ3v) is 12.9. The number of nitrogens with zero attached hydrogens (tertiary/aromatic N) is 2. The van der Waals surface area contributed by atoms with Gasteiger partial charge in [0.1, 0.15) is 12.1 Å². The summed E-state index contributed by atoms with van der Waals surface area (Å²) in [6.07, 6.45) is 1.16. The van der Waals surface area contributed by atoms with Crippen LogP contribution in [-0.2, 0) is 45.4 Å². The lowest BCUT2D eigenvalue weighted by Gasteiger charge is -2.29. The molecule has 8 rings (SSSR count). The van der Waals surface area contributed by atoms with E-state index in [4.69, 9.17) is 0 Å². The summed E-state index contributed by atoms with van der Waals surface area (Å²) in [5, 5.41) is 15.9. The number of amides is 10. The number of benzene rings is 2. The maximum atomic E-state index is 12.8. The van der Waals surface area contributed by atoms with Crippen LogP contribution in [-0.4, -0.2) is 69.4 Å². The Hall–Kier alpha value is -6.40. The molecule has 10 amide bonds. The van der Waals surface area contributed by atoms with Gasteiger partial charge in [0.2, 0.25) is 23.6 Å². The van der Waals surface area contributed by atoms with Gasteiger partial charge in [0.25, 0.3) is 11.8 Å². The van der Waals surface area contributed by atoms with Crippen LogP contribution in [0.1, 0.15) is 88.2 Å². The molecule has 2 aromatic carbocycles. The van der Waals surface area contributed by atoms with Crippen LogP contribution in [0.4, 0.5) is 21.0 Å². The Balaban J connectivity index is 0.000000181. The van der Waals surface area contributed by atoms with Gasteiger partial charge in [-0.05, 0) is 92.6 Å². The number of rotatable bonds is 8. The van der Waals surface area contributed by atoms with Gasteiger partial charge >= 0.3 is 12.1 Å². The van der Waals surface area contributed by atoms with Crippen LogP contribution in [0.25, 0.3) is 0 Å². The Morgan fingerprint density at radius 2 is 1.08 bits per heavy atom. The number of hydrogen-bond acceptors (Lipinski definition) is 10. The fourth-order valence-corrected chi connectivity index (χ4v) is 9.60. The summed E-state index contributed by atoms with van der Waals surface area (Å²) in [7, 11) is 0. The number of nitrogens with one attached hydrogen (secondary N) is 6. The standard InChI is InChI=1S/2C21H22N4O4S/c1-11-3-4-15(12(2)7-11)23-21(29)22-9-14-8-13-10-25(20(28)18(13)30-14)16-5-6-17(26)24-19(16)27;1-11-3-4-12(2)15(7-11)23-21(29)22-9-14-8-13-10-25(20(28)18(13)30-14)16-5-6-17(26)24-19(16)27/h2*3-4,7-8,16H,5-6,9-10H2,1-2H3,(H2,22,23,29)(H,24,26,27). The van der Waals surface area contributed by atoms with E-state index < -0.39 is 23.9 Å². The molecule has 2 atom stereocenters. The summed E-state index contributed by atoms with van der Waals surface area (Å²) in [6.45, 7) is 9.11. The number of fused-ring (bicyclic) bond motifs is 2. The van der Waals surface area contributed by atoms with Gasteiger partial charge < -0.3 is 31.1 Å². The highest BCUT2D eigenvalue weighted by molar-refractivity contribution is 7.14. The topological polar surface area (TPSA) is 215 Å². The van der Waals surface area contributed by atoms with Crippen LogP contribution in [0.15, 0.2) is 48.5 Å². The molecule has 2 saturated heterocycles. The number of piperidine rings is 2. The normalized spacial score (nSPS) is 18.3. The zero-order chi connectivity index (χ0) is 42.8. The number of aryl methyl sites for hydroxylation is 4. The first-order valence-electron chi connectivity index (χ1n) is 19.4. The first-order chi connectivity index (χ1) is 28.6. The SMILES string of the molecule is Cc1ccc(C)c(NC(=O)NCc2cc3c(s2)C(=O)N(C2CCC(=O)NC2=O)C3)c1.Cc1ccc(NC(=O)NCc2cc3c(s2)C(=O)N(C2CCC(=O)NC2=O)C3)c(C)c1. The number of carbonyl (C=O) groups is 8. The van der Waals surface area contributed by atoms with Gasteiger partial charge in [-0.2, -0.15) is 0 Å². The summed E-state index contributed by atoms with van der Waals surface area (Å²) in [5.41, 5.74) is 7.36. The molecule has 0 aliphatic carbocycles. The van der Waals surface area contributed by atoms with E-state index in [9.17, 15) is 38.4 Å². The van der Waals surface area contributed by atoms with Crippen LogP contribution in [0.3, 0.4) is 0 Å². The van der Waals surface area contributed by atoms with Gasteiger partial charge in [-0.25, -0.2) is 9.59 Å². The predicted molar refractivity (Wildman–Crippen MR) is 224 cm³/mol. The lowest BCUT2D eigenvalue weighted by Crippen LogP contribution is -2.52. The summed E-state index contributed by atoms with van der Waals surface area (Å²) in [6, 6.07) is 13.6. The van der Waals surface area contributed by atoms with Gasteiger partial charge in [0.05, 0.1) is 22.8 Å². The number of urea groups is 2. The van der Waals surface area contributed by atoms with Crippen molar-refractivity contribution in [2.24, 2.45) is 0 Å². The fraction of sp³-hybridized carbons (Fsp3) is 0.333. The highest BCUT2D eigenvalue weighted by atomic mass is 32.1. The molecule has 2 aromatic heterocycles. The van der Waals surface area contributed by atoms with Crippen LogP contribution >= 0.6 is 22.7 Å². The van der Waals surface area contributed by atoms with Gasteiger partial charge in [-0.15, -0.1) is 22.7 Å². The molecular weight excluding hydrogens is 809 g/mol. The summed E-state index contributed by atoms with van der Waals surface area (Å²) in [4.78, 5) is 103. The first-order valence-corrected chi connectivity index (χ1v) is 21.0. The lowest BCUT2D eigenvalue weighted by atomic mass is 10.0. The molecular formula is C42H44N8O8S2. The van der Waals surface area contributed by atoms with Crippen molar-refractivity contribution in [3.05, 3.63) is 101 Å². The third kappa shape index (κ3) is 9.24. The average Bonchev–Trinajstić information content (AvgIpc) is 3.94. The molecule has 18 heteroatoms. The van der Waals surface area contributed by atoms with Gasteiger partial charge in [-0.1, -0.05) is 29.8 Å². The zero-order valence-electron chi connectivity index (χ0n) is 33.4. The number of carbonyl (C=O) groups excluding carboxylic acids is 8. The molecule has 0 bridgehead atoms. The van der Waals surface area contributed by atoms with E-state index in [1.807, 2.05) is 76.2 Å². The van der Waals surface area contributed by atoms with Crippen molar-refractivity contribution in [3.8, 4) is 0 Å². The molecule has 0 spiro atoms. The monoisotopic (exact) mass is 852 g/mol. The number of anilines is 2. The Morgan fingerprint density at radius 3 is 1.55 bits per heavy atom. The highest BCUT2D eigenvalue weighted by Gasteiger charge is 2.41. The van der Waals surface area contributed by atoms with Crippen LogP contribution in [0, 0.1) is 27.7 Å². The second-order valence-corrected chi connectivity index (χ2v) is 17.5. The largest absolute Gasteiger partial charge is 0.333 e. The Labute approximate surface area is 353 Å². The quantitative estimate of drug-likeness (QED) is 0.134. The van der Waals surface area contributed by atoms with Crippen molar-refractivity contribution in [1.82, 2.24) is 31.1 Å². The van der Waals surface area contributed by atoms with Crippen LogP contribution in [0.2, 0.25) is 0 Å². The molecule has 16 nitrogen and oxygen atoms in total. The minimum Gasteiger partial charge on any atom is -0.333 e. The maximum absolute atomic E-state index is 12.8. The second kappa shape index (κ2) is 17.4. The predicted octanol–water partition coefficient (Wildman–Crippen LogP) is 4.90. The second-order valence-electron chi connectivity index (χ2n) is 15.2. The molecule has 2 fully saturated rings. The number of hydrogen-bond donors (Lipinski definition) is 6. The fourth-order valence-electron chi connectivity index (χ4n) is 7.47. The highest BCUT2D eigenvalue weighted by Crippen LogP contribution is 2.35. The van der Waals surface area contributed by atoms with Crippen molar-refractivity contribution in [1.29, 1.82) is 0 Å². The van der Waals surface area contributed by atoms with E-state index in [0.29, 0.717) is 48.8 Å². The Morgan fingerprint density at radius 1 is 0.617 bits per heavy atom. The molecule has 4 aromatic rings. The Kier molecular flexibility index (Phi) is 12.1. The maximum Gasteiger partial charge on any atom is 0.319 e. The third-order valence-electron chi connectivity index (χ3n) is 10.6. The van der Waals surface area contributed by atoms with Crippen molar-refractivity contribution in [2.45, 2.75) is 91.6 Å². The van der Waals surface area contributed by atoms with Crippen molar-refractivity contribution in [3.63, 3.8) is 0 Å². The summed E-state index contributed by atoms with van der Waals surface area (Å²) < 4.78 is 0. The van der Waals surface area contributed by atoms with Gasteiger partial charge in [0.15, 0.2) is 0 Å². The van der Waals surface area contributed by atoms with E-state index in [2.05, 4.69) is 31.9 Å². The zero-order valence-corrected chi connectivity index (χ0v) is 35.0. The van der Waals surface area contributed by atoms with Gasteiger partial charge in [0, 0.05) is 47.1 Å². The van der Waals surface area contributed by atoms with E-state index in [1.165, 1.54) is 32.5 Å². The summed E-state index contributed by atoms with van der Waals surface area (Å²) in [5.74, 6) is -1.83. The van der Waals surface area contributed by atoms with Gasteiger partial charge in [-0.3, -0.25) is 39.4 Å². The number of thiophene rings is 2. The van der Waals surface area contributed by atoms with Crippen molar-refractivity contribution >= 4 is 81.6 Å².